The van der Waals surface area contributed by atoms with E-state index in [-0.39, 0.29) is 42.8 Å². The Balaban J connectivity index is 0.00000341. The van der Waals surface area contributed by atoms with Crippen molar-refractivity contribution in [3.05, 3.63) is 65.1 Å². The van der Waals surface area contributed by atoms with Crippen LogP contribution < -0.4 is 5.32 Å². The van der Waals surface area contributed by atoms with Crippen LogP contribution in [0.1, 0.15) is 68.3 Å². The summed E-state index contributed by atoms with van der Waals surface area (Å²) >= 11 is 0. The summed E-state index contributed by atoms with van der Waals surface area (Å²) in [7, 11) is 0. The molecule has 0 spiro atoms. The van der Waals surface area contributed by atoms with Crippen LogP contribution in [0.4, 0.5) is 0 Å². The van der Waals surface area contributed by atoms with E-state index in [1.54, 1.807) is 6.08 Å². The van der Waals surface area contributed by atoms with Gasteiger partial charge in [-0.15, -0.1) is 6.08 Å². The second-order valence-corrected chi connectivity index (χ2v) is 8.02. The minimum absolute atomic E-state index is 0. The molecule has 2 unspecified atom stereocenters. The largest absolute Gasteiger partial charge is 0.391 e. The van der Waals surface area contributed by atoms with Crippen LogP contribution in [0, 0.1) is 43.1 Å². The Morgan fingerprint density at radius 1 is 1.26 bits per heavy atom. The van der Waals surface area contributed by atoms with Crippen molar-refractivity contribution in [2.75, 3.05) is 6.54 Å². The number of allylic oxidation sites excluding steroid dienone is 2. The van der Waals surface area contributed by atoms with Gasteiger partial charge < -0.3 is 14.9 Å². The maximum atomic E-state index is 12.6. The molecular weight excluding hydrogens is 614 g/mol. The molecule has 0 saturated carbocycles. The molecule has 1 heterocycles. The summed E-state index contributed by atoms with van der Waals surface area (Å²) in [5, 5.41) is 18.1. The van der Waals surface area contributed by atoms with Crippen LogP contribution in [0.3, 0.4) is 0 Å². The van der Waals surface area contributed by atoms with E-state index >= 15 is 0 Å². The van der Waals surface area contributed by atoms with Crippen molar-refractivity contribution in [1.29, 1.82) is 0 Å². The molecule has 0 bridgehead atoms. The van der Waals surface area contributed by atoms with E-state index in [2.05, 4.69) is 49.5 Å². The first-order valence-corrected chi connectivity index (χ1v) is 10.8. The van der Waals surface area contributed by atoms with Gasteiger partial charge in [0.05, 0.1) is 11.7 Å². The summed E-state index contributed by atoms with van der Waals surface area (Å²) in [5.41, 5.74) is 4.05. The molecule has 6 heteroatoms. The number of ketones is 1. The van der Waals surface area contributed by atoms with Gasteiger partial charge in [0, 0.05) is 50.0 Å². The van der Waals surface area contributed by atoms with E-state index in [0.29, 0.717) is 23.4 Å². The number of benzene rings is 1. The SMILES string of the molecule is CCCNCc1ccc(-c2c(C(=O)CC)noc2C2C=C(C(C)C)[C-]=CC2O)cc1.[U]. The molecule has 0 radical (unpaired) electrons. The number of nitrogens with zero attached hydrogens (tertiary/aromatic N) is 1. The van der Waals surface area contributed by atoms with E-state index in [4.69, 9.17) is 4.52 Å². The number of hydrogen-bond acceptors (Lipinski definition) is 5. The van der Waals surface area contributed by atoms with Gasteiger partial charge in [-0.2, -0.15) is 0 Å². The summed E-state index contributed by atoms with van der Waals surface area (Å²) in [6, 6.07) is 8.09. The van der Waals surface area contributed by atoms with Crippen LogP contribution in [0.25, 0.3) is 11.1 Å². The van der Waals surface area contributed by atoms with Crippen LogP contribution >= 0.6 is 0 Å². The summed E-state index contributed by atoms with van der Waals surface area (Å²) < 4.78 is 5.69. The van der Waals surface area contributed by atoms with Crippen molar-refractivity contribution in [2.45, 2.75) is 59.1 Å². The third-order valence-electron chi connectivity index (χ3n) is 5.37. The van der Waals surface area contributed by atoms with Gasteiger partial charge in [0.25, 0.3) is 0 Å². The number of rotatable bonds is 9. The van der Waals surface area contributed by atoms with Gasteiger partial charge in [0.15, 0.2) is 11.5 Å². The van der Waals surface area contributed by atoms with Crippen LogP contribution in [-0.2, 0) is 6.54 Å². The minimum Gasteiger partial charge on any atom is -0.391 e. The van der Waals surface area contributed by atoms with Crippen molar-refractivity contribution in [1.82, 2.24) is 10.5 Å². The third-order valence-corrected chi connectivity index (χ3v) is 5.37. The number of aliphatic hydroxyl groups excluding tert-OH is 1. The van der Waals surface area contributed by atoms with Crippen molar-refractivity contribution in [3.63, 3.8) is 0 Å². The molecule has 2 N–H and O–H groups in total. The number of aliphatic hydroxyl groups is 1. The molecular formula is C25H31N2O3U-. The first-order valence-electron chi connectivity index (χ1n) is 10.8. The van der Waals surface area contributed by atoms with Crippen LogP contribution in [0.15, 0.2) is 46.5 Å². The van der Waals surface area contributed by atoms with E-state index < -0.39 is 12.0 Å². The Morgan fingerprint density at radius 3 is 2.58 bits per heavy atom. The zero-order valence-electron chi connectivity index (χ0n) is 18.7. The Bertz CT molecular complexity index is 929. The summed E-state index contributed by atoms with van der Waals surface area (Å²) in [5.74, 6) is 0.311. The zero-order valence-corrected chi connectivity index (χ0v) is 22.9. The Kier molecular flexibility index (Phi) is 9.97. The monoisotopic (exact) mass is 645 g/mol. The average Bonchev–Trinajstić information content (AvgIpc) is 3.19. The minimum atomic E-state index is -0.777. The van der Waals surface area contributed by atoms with Crippen molar-refractivity contribution >= 4 is 5.78 Å². The van der Waals surface area contributed by atoms with Gasteiger partial charge in [0.2, 0.25) is 0 Å². The second-order valence-electron chi connectivity index (χ2n) is 8.02. The smallest absolute Gasteiger partial charge is 0.185 e. The van der Waals surface area contributed by atoms with Crippen molar-refractivity contribution in [2.24, 2.45) is 5.92 Å². The molecule has 0 fully saturated rings. The predicted molar refractivity (Wildman–Crippen MR) is 118 cm³/mol. The van der Waals surface area contributed by atoms with E-state index in [1.165, 1.54) is 5.56 Å². The molecule has 1 aromatic carbocycles. The molecule has 0 amide bonds. The molecule has 3 rings (SSSR count). The Morgan fingerprint density at radius 2 is 1.97 bits per heavy atom. The van der Waals surface area contributed by atoms with Gasteiger partial charge in [0.1, 0.15) is 5.76 Å². The van der Waals surface area contributed by atoms with E-state index in [0.717, 1.165) is 30.6 Å². The number of carbonyl (C=O) groups excluding carboxylic acids is 1. The van der Waals surface area contributed by atoms with Gasteiger partial charge in [-0.05, 0) is 24.1 Å². The number of Topliss-reactive ketones (excluding diaryl/α,β-unsaturated/α-hetero) is 1. The zero-order chi connectivity index (χ0) is 21.7. The maximum absolute atomic E-state index is 12.6. The van der Waals surface area contributed by atoms with Gasteiger partial charge in [-0.1, -0.05) is 63.0 Å². The van der Waals surface area contributed by atoms with Crippen LogP contribution in [0.5, 0.6) is 0 Å². The van der Waals surface area contributed by atoms with Crippen LogP contribution in [-0.4, -0.2) is 28.7 Å². The summed E-state index contributed by atoms with van der Waals surface area (Å²) in [4.78, 5) is 12.6. The Hall–Kier alpha value is -1.45. The topological polar surface area (TPSA) is 75.4 Å². The number of aromatic nitrogens is 1. The molecule has 2 atom stereocenters. The second kappa shape index (κ2) is 12.0. The van der Waals surface area contributed by atoms with Gasteiger partial charge in [-0.25, -0.2) is 17.7 Å². The molecule has 2 aromatic rings. The quantitative estimate of drug-likeness (QED) is 0.232. The molecule has 1 aliphatic rings. The first kappa shape index (κ1) is 25.8. The molecule has 0 saturated heterocycles. The average molecular weight is 646 g/mol. The fourth-order valence-corrected chi connectivity index (χ4v) is 3.58. The molecule has 1 aliphatic carbocycles. The molecule has 164 valence electrons. The number of nitrogens with one attached hydrogen (secondary N) is 1. The van der Waals surface area contributed by atoms with Gasteiger partial charge in [-0.3, -0.25) is 4.79 Å². The summed E-state index contributed by atoms with van der Waals surface area (Å²) in [6.45, 7) is 9.89. The normalized spacial score (nSPS) is 18.1. The maximum Gasteiger partial charge on any atom is 0.185 e. The van der Waals surface area contributed by atoms with Gasteiger partial charge >= 0.3 is 0 Å². The fraction of sp³-hybridized carbons (Fsp3) is 0.440. The van der Waals surface area contributed by atoms with Crippen LogP contribution in [0.2, 0.25) is 0 Å². The molecule has 0 aliphatic heterocycles. The number of carbonyl (C=O) groups is 1. The predicted octanol–water partition coefficient (Wildman–Crippen LogP) is 4.83. The molecule has 31 heavy (non-hydrogen) atoms. The van der Waals surface area contributed by atoms with Crippen molar-refractivity contribution in [3.8, 4) is 11.1 Å². The Labute approximate surface area is 208 Å². The standard InChI is InChI=1S/C25H31N2O3.U/c1-5-13-26-15-17-7-9-18(10-8-17)23-24(21(28)6-2)27-30-25(23)20-14-19(16(3)4)11-12-22(20)29;/h7-10,12,14,16,20,22,26,29H,5-6,13,15H2,1-4H3;/q-1;. The van der Waals surface area contributed by atoms with E-state index in [1.807, 2.05) is 25.1 Å². The fourth-order valence-electron chi connectivity index (χ4n) is 3.58. The van der Waals surface area contributed by atoms with Crippen molar-refractivity contribution < 1.29 is 45.5 Å². The number of hydrogen-bond donors (Lipinski definition) is 2. The molecule has 1 aromatic heterocycles. The first-order chi connectivity index (χ1) is 14.5. The third kappa shape index (κ3) is 6.08. The van der Waals surface area contributed by atoms with E-state index in [9.17, 15) is 9.90 Å². The summed E-state index contributed by atoms with van der Waals surface area (Å²) in [6.07, 6.45) is 7.44. The molecule has 5 nitrogen and oxygen atoms in total.